The van der Waals surface area contributed by atoms with E-state index in [4.69, 9.17) is 0 Å². The molecule has 0 atom stereocenters. The number of hydrogen-bond donors (Lipinski definition) is 1. The smallest absolute Gasteiger partial charge is 0.243 e. The molecule has 0 aliphatic heterocycles. The first-order valence-corrected chi connectivity index (χ1v) is 11.3. The molecule has 0 aliphatic rings. The van der Waals surface area contributed by atoms with Crippen LogP contribution >= 0.6 is 0 Å². The van der Waals surface area contributed by atoms with Crippen molar-refractivity contribution in [2.24, 2.45) is 0 Å². The molecule has 0 saturated carbocycles. The molecule has 0 unspecified atom stereocenters. The van der Waals surface area contributed by atoms with E-state index < -0.39 is 21.7 Å². The van der Waals surface area contributed by atoms with Gasteiger partial charge in [0.25, 0.3) is 0 Å². The molecule has 0 bridgehead atoms. The molecule has 3 rings (SSSR count). The minimum Gasteiger partial charge on any atom is -0.355 e. The summed E-state index contributed by atoms with van der Waals surface area (Å²) in [6.45, 7) is 2.05. The van der Waals surface area contributed by atoms with Crippen molar-refractivity contribution in [1.29, 1.82) is 0 Å². The molecule has 1 aromatic heterocycles. The van der Waals surface area contributed by atoms with Gasteiger partial charge in [0.2, 0.25) is 15.9 Å². The number of carbonyl (C=O) groups excluding carboxylic acids is 1. The summed E-state index contributed by atoms with van der Waals surface area (Å²) >= 11 is 0. The summed E-state index contributed by atoms with van der Waals surface area (Å²) in [5.41, 5.74) is 3.00. The van der Waals surface area contributed by atoms with Crippen LogP contribution in [0.4, 0.5) is 4.39 Å². The number of aromatic nitrogens is 2. The van der Waals surface area contributed by atoms with Crippen molar-refractivity contribution in [3.63, 3.8) is 0 Å². The zero-order valence-corrected chi connectivity index (χ0v) is 18.3. The Morgan fingerprint density at radius 2 is 1.81 bits per heavy atom. The Morgan fingerprint density at radius 1 is 1.13 bits per heavy atom. The number of amides is 1. The Kier molecular flexibility index (Phi) is 7.19. The van der Waals surface area contributed by atoms with Gasteiger partial charge >= 0.3 is 0 Å². The van der Waals surface area contributed by atoms with Crippen molar-refractivity contribution in [1.82, 2.24) is 19.4 Å². The third kappa shape index (κ3) is 5.77. The second-order valence-electron chi connectivity index (χ2n) is 7.19. The maximum atomic E-state index is 13.0. The third-order valence-corrected chi connectivity index (χ3v) is 6.67. The van der Waals surface area contributed by atoms with Crippen LogP contribution in [0, 0.1) is 12.7 Å². The second kappa shape index (κ2) is 9.84. The number of sulfonamides is 1. The minimum atomic E-state index is -3.86. The van der Waals surface area contributed by atoms with E-state index >= 15 is 0 Å². The number of para-hydroxylation sites is 1. The number of hydrogen-bond acceptors (Lipinski definition) is 4. The zero-order chi connectivity index (χ0) is 22.4. The van der Waals surface area contributed by atoms with Gasteiger partial charge in [0, 0.05) is 19.8 Å². The van der Waals surface area contributed by atoms with E-state index in [-0.39, 0.29) is 11.4 Å². The Morgan fingerprint density at radius 3 is 2.48 bits per heavy atom. The Labute approximate surface area is 181 Å². The molecule has 0 saturated heterocycles. The third-order valence-electron chi connectivity index (χ3n) is 4.85. The molecule has 0 spiro atoms. The molecule has 1 heterocycles. The van der Waals surface area contributed by atoms with E-state index in [1.807, 2.05) is 48.1 Å². The summed E-state index contributed by atoms with van der Waals surface area (Å²) in [5.74, 6) is -0.922. The number of likely N-dealkylation sites (N-methyl/N-ethyl adjacent to an activating group) is 1. The SMILES string of the molecule is Cc1nn(-c2ccccc2)cc1CCCNC(=O)CN(C)S(=O)(=O)c1ccc(F)cc1. The highest BCUT2D eigenvalue weighted by Gasteiger charge is 2.22. The van der Waals surface area contributed by atoms with E-state index in [0.717, 1.165) is 39.8 Å². The van der Waals surface area contributed by atoms with Crippen LogP contribution in [-0.2, 0) is 21.2 Å². The van der Waals surface area contributed by atoms with Crippen molar-refractivity contribution in [3.05, 3.63) is 77.9 Å². The van der Waals surface area contributed by atoms with Crippen LogP contribution in [0.15, 0.2) is 65.7 Å². The molecule has 3 aromatic rings. The normalized spacial score (nSPS) is 11.6. The minimum absolute atomic E-state index is 0.0601. The molecule has 9 heteroatoms. The fourth-order valence-corrected chi connectivity index (χ4v) is 4.22. The van der Waals surface area contributed by atoms with Crippen LogP contribution in [0.5, 0.6) is 0 Å². The van der Waals surface area contributed by atoms with Crippen molar-refractivity contribution in [2.45, 2.75) is 24.7 Å². The number of benzene rings is 2. The highest BCUT2D eigenvalue weighted by Crippen LogP contribution is 2.15. The van der Waals surface area contributed by atoms with Crippen molar-refractivity contribution in [3.8, 4) is 5.69 Å². The van der Waals surface area contributed by atoms with Crippen molar-refractivity contribution < 1.29 is 17.6 Å². The largest absolute Gasteiger partial charge is 0.355 e. The molecule has 0 radical (unpaired) electrons. The van der Waals surface area contributed by atoms with Crippen LogP contribution in [-0.4, -0.2) is 48.5 Å². The first-order chi connectivity index (χ1) is 14.8. The quantitative estimate of drug-likeness (QED) is 0.515. The molecule has 0 aliphatic carbocycles. The summed E-state index contributed by atoms with van der Waals surface area (Å²) in [6.07, 6.45) is 3.42. The van der Waals surface area contributed by atoms with Gasteiger partial charge < -0.3 is 5.32 Å². The lowest BCUT2D eigenvalue weighted by atomic mass is 10.1. The standard InChI is InChI=1S/C22H25FN4O3S/c1-17-18(15-27(25-17)20-8-4-3-5-9-20)7-6-14-24-22(28)16-26(2)31(29,30)21-12-10-19(23)11-13-21/h3-5,8-13,15H,6-7,14,16H2,1-2H3,(H,24,28). The highest BCUT2D eigenvalue weighted by atomic mass is 32.2. The molecular formula is C22H25FN4O3S. The van der Waals surface area contributed by atoms with Gasteiger partial charge in [-0.2, -0.15) is 9.40 Å². The van der Waals surface area contributed by atoms with Crippen LogP contribution in [0.25, 0.3) is 5.69 Å². The summed E-state index contributed by atoms with van der Waals surface area (Å²) < 4.78 is 40.7. The molecule has 164 valence electrons. The predicted octanol–water partition coefficient (Wildman–Crippen LogP) is 2.69. The predicted molar refractivity (Wildman–Crippen MR) is 116 cm³/mol. The van der Waals surface area contributed by atoms with Gasteiger partial charge in [0.1, 0.15) is 5.82 Å². The lowest BCUT2D eigenvalue weighted by Gasteiger charge is -2.16. The number of aryl methyl sites for hydroxylation is 2. The van der Waals surface area contributed by atoms with Crippen LogP contribution < -0.4 is 5.32 Å². The molecule has 1 amide bonds. The van der Waals surface area contributed by atoms with Gasteiger partial charge in [0.05, 0.1) is 22.8 Å². The molecule has 7 nitrogen and oxygen atoms in total. The van der Waals surface area contributed by atoms with Gasteiger partial charge in [-0.1, -0.05) is 18.2 Å². The molecule has 31 heavy (non-hydrogen) atoms. The molecular weight excluding hydrogens is 419 g/mol. The van der Waals surface area contributed by atoms with Gasteiger partial charge in [-0.15, -0.1) is 0 Å². The molecule has 1 N–H and O–H groups in total. The Bertz CT molecular complexity index is 1130. The summed E-state index contributed by atoms with van der Waals surface area (Å²) in [5, 5.41) is 7.27. The zero-order valence-electron chi connectivity index (χ0n) is 17.5. The van der Waals surface area contributed by atoms with Crippen LogP contribution in [0.3, 0.4) is 0 Å². The topological polar surface area (TPSA) is 84.3 Å². The summed E-state index contributed by atoms with van der Waals surface area (Å²) in [7, 11) is -2.54. The molecule has 2 aromatic carbocycles. The van der Waals surface area contributed by atoms with E-state index in [2.05, 4.69) is 10.4 Å². The fraction of sp³-hybridized carbons (Fsp3) is 0.273. The van der Waals surface area contributed by atoms with E-state index in [1.54, 1.807) is 0 Å². The van der Waals surface area contributed by atoms with Crippen LogP contribution in [0.2, 0.25) is 0 Å². The monoisotopic (exact) mass is 444 g/mol. The van der Waals surface area contributed by atoms with Crippen LogP contribution in [0.1, 0.15) is 17.7 Å². The Balaban J connectivity index is 1.47. The summed E-state index contributed by atoms with van der Waals surface area (Å²) in [4.78, 5) is 12.1. The van der Waals surface area contributed by atoms with E-state index in [9.17, 15) is 17.6 Å². The summed E-state index contributed by atoms with van der Waals surface area (Å²) in [6, 6.07) is 14.3. The average Bonchev–Trinajstić information content (AvgIpc) is 3.12. The van der Waals surface area contributed by atoms with Crippen molar-refractivity contribution >= 4 is 15.9 Å². The van der Waals surface area contributed by atoms with Gasteiger partial charge in [-0.25, -0.2) is 17.5 Å². The maximum absolute atomic E-state index is 13.0. The number of halogens is 1. The average molecular weight is 445 g/mol. The first kappa shape index (κ1) is 22.6. The highest BCUT2D eigenvalue weighted by molar-refractivity contribution is 7.89. The van der Waals surface area contributed by atoms with E-state index in [0.29, 0.717) is 13.0 Å². The lowest BCUT2D eigenvalue weighted by Crippen LogP contribution is -2.38. The second-order valence-corrected chi connectivity index (χ2v) is 9.23. The van der Waals surface area contributed by atoms with Gasteiger partial charge in [-0.3, -0.25) is 4.79 Å². The number of nitrogens with zero attached hydrogens (tertiary/aromatic N) is 3. The number of carbonyl (C=O) groups is 1. The molecule has 0 fully saturated rings. The number of nitrogens with one attached hydrogen (secondary N) is 1. The van der Waals surface area contributed by atoms with Gasteiger partial charge in [-0.05, 0) is 61.7 Å². The maximum Gasteiger partial charge on any atom is 0.243 e. The van der Waals surface area contributed by atoms with Crippen molar-refractivity contribution in [2.75, 3.05) is 20.1 Å². The lowest BCUT2D eigenvalue weighted by molar-refractivity contribution is -0.121. The Hall–Kier alpha value is -3.04. The fourth-order valence-electron chi connectivity index (χ4n) is 3.09. The van der Waals surface area contributed by atoms with E-state index in [1.165, 1.54) is 19.2 Å². The first-order valence-electron chi connectivity index (χ1n) is 9.86. The van der Waals surface area contributed by atoms with Gasteiger partial charge in [0.15, 0.2) is 0 Å². The number of rotatable bonds is 9.